The average molecular weight is 330 g/mol. The molecule has 1 aliphatic carbocycles. The van der Waals surface area contributed by atoms with Gasteiger partial charge in [-0.05, 0) is 25.5 Å². The lowest BCUT2D eigenvalue weighted by Gasteiger charge is -2.08. The van der Waals surface area contributed by atoms with Crippen molar-refractivity contribution < 1.29 is 28.7 Å². The number of ether oxygens (including phenoxy) is 2. The monoisotopic (exact) mass is 330 g/mol. The number of methoxy groups -OCH3 is 1. The van der Waals surface area contributed by atoms with Crippen molar-refractivity contribution in [2.45, 2.75) is 32.3 Å². The Hall–Kier alpha value is -2.76. The number of hydrogen-bond acceptors (Lipinski definition) is 6. The van der Waals surface area contributed by atoms with Crippen LogP contribution in [0.5, 0.6) is 0 Å². The molecule has 24 heavy (non-hydrogen) atoms. The van der Waals surface area contributed by atoms with E-state index in [1.807, 2.05) is 0 Å². The van der Waals surface area contributed by atoms with E-state index < -0.39 is 29.6 Å². The van der Waals surface area contributed by atoms with Gasteiger partial charge in [-0.3, -0.25) is 9.59 Å². The van der Waals surface area contributed by atoms with Crippen LogP contribution in [0, 0.1) is 0 Å². The lowest BCUT2D eigenvalue weighted by molar-refractivity contribution is -0.139. The van der Waals surface area contributed by atoms with Crippen molar-refractivity contribution in [2.24, 2.45) is 0 Å². The van der Waals surface area contributed by atoms with Gasteiger partial charge in [0.25, 0.3) is 0 Å². The fourth-order valence-corrected chi connectivity index (χ4v) is 2.46. The number of fused-ring (bicyclic) bond motifs is 1. The lowest BCUT2D eigenvalue weighted by Crippen LogP contribution is -2.16. The third kappa shape index (κ3) is 4.38. The van der Waals surface area contributed by atoms with E-state index in [0.717, 1.165) is 13.2 Å². The maximum atomic E-state index is 12.2. The Morgan fingerprint density at radius 1 is 1.25 bits per heavy atom. The van der Waals surface area contributed by atoms with Gasteiger partial charge >= 0.3 is 11.9 Å². The van der Waals surface area contributed by atoms with Crippen molar-refractivity contribution in [3.63, 3.8) is 0 Å². The molecule has 2 rings (SSSR count). The number of rotatable bonds is 1. The van der Waals surface area contributed by atoms with Crippen molar-refractivity contribution in [1.82, 2.24) is 0 Å². The van der Waals surface area contributed by atoms with Gasteiger partial charge in [0.1, 0.15) is 11.7 Å². The molecule has 2 bridgehead atoms. The summed E-state index contributed by atoms with van der Waals surface area (Å²) in [6.07, 6.45) is 7.58. The number of Topliss-reactive ketones (excluding diaryl/α,β-unsaturated/α-hetero) is 1. The summed E-state index contributed by atoms with van der Waals surface area (Å²) >= 11 is 0. The van der Waals surface area contributed by atoms with Crippen LogP contribution in [0.2, 0.25) is 0 Å². The van der Waals surface area contributed by atoms with Gasteiger partial charge in [-0.1, -0.05) is 17.7 Å². The van der Waals surface area contributed by atoms with Crippen LogP contribution < -0.4 is 0 Å². The highest BCUT2D eigenvalue weighted by Crippen LogP contribution is 2.21. The quantitative estimate of drug-likeness (QED) is 0.538. The van der Waals surface area contributed by atoms with E-state index in [9.17, 15) is 19.2 Å². The molecule has 0 saturated carbocycles. The number of ketones is 2. The summed E-state index contributed by atoms with van der Waals surface area (Å²) in [5.74, 6) is -2.23. The van der Waals surface area contributed by atoms with Crippen LogP contribution in [0.3, 0.4) is 0 Å². The molecule has 0 unspecified atom stereocenters. The van der Waals surface area contributed by atoms with E-state index in [0.29, 0.717) is 24.0 Å². The Morgan fingerprint density at radius 2 is 2.00 bits per heavy atom. The smallest absolute Gasteiger partial charge is 0.341 e. The fourth-order valence-electron chi connectivity index (χ4n) is 2.46. The minimum Gasteiger partial charge on any atom is -0.465 e. The highest BCUT2D eigenvalue weighted by Gasteiger charge is 2.24. The number of carbonyl (C=O) groups is 4. The van der Waals surface area contributed by atoms with Crippen molar-refractivity contribution in [1.29, 1.82) is 0 Å². The van der Waals surface area contributed by atoms with Gasteiger partial charge in [-0.25, -0.2) is 9.59 Å². The van der Waals surface area contributed by atoms with Gasteiger partial charge < -0.3 is 9.47 Å². The van der Waals surface area contributed by atoms with E-state index >= 15 is 0 Å². The third-order valence-electron chi connectivity index (χ3n) is 3.60. The molecule has 0 amide bonds. The Bertz CT molecular complexity index is 705. The summed E-state index contributed by atoms with van der Waals surface area (Å²) in [5, 5.41) is 0. The molecular weight excluding hydrogens is 312 g/mol. The molecule has 2 aliphatic rings. The van der Waals surface area contributed by atoms with Gasteiger partial charge in [0, 0.05) is 18.9 Å². The topological polar surface area (TPSA) is 86.7 Å². The second-order valence-electron chi connectivity index (χ2n) is 5.58. The molecule has 1 heterocycles. The fraction of sp³-hybridized carbons (Fsp3) is 0.333. The predicted molar refractivity (Wildman–Crippen MR) is 84.8 cm³/mol. The molecule has 0 N–H and O–H groups in total. The first-order chi connectivity index (χ1) is 11.4. The Morgan fingerprint density at radius 3 is 2.71 bits per heavy atom. The van der Waals surface area contributed by atoms with E-state index in [1.54, 1.807) is 25.2 Å². The summed E-state index contributed by atoms with van der Waals surface area (Å²) in [5.41, 5.74) is 0.822. The zero-order valence-electron chi connectivity index (χ0n) is 13.5. The minimum atomic E-state index is -0.836. The van der Waals surface area contributed by atoms with Gasteiger partial charge in [0.05, 0.1) is 12.7 Å². The zero-order chi connectivity index (χ0) is 17.7. The second kappa shape index (κ2) is 7.68. The molecule has 1 atom stereocenters. The molecule has 0 saturated heterocycles. The summed E-state index contributed by atoms with van der Waals surface area (Å²) in [6, 6.07) is 0. The highest BCUT2D eigenvalue weighted by atomic mass is 16.5. The van der Waals surface area contributed by atoms with Gasteiger partial charge in [0.2, 0.25) is 0 Å². The number of carbonyl (C=O) groups excluding carboxylic acids is 4. The van der Waals surface area contributed by atoms with Crippen molar-refractivity contribution in [3.8, 4) is 0 Å². The molecule has 0 spiro atoms. The largest absolute Gasteiger partial charge is 0.465 e. The molecule has 126 valence electrons. The Balaban J connectivity index is 2.34. The third-order valence-corrected chi connectivity index (χ3v) is 3.60. The SMILES string of the molecule is COC(=O)/C1=C/C(=O)/C=C(/C)C[C@H]2C=C(/C=C\CCC1=O)C(=O)O2. The first-order valence-corrected chi connectivity index (χ1v) is 7.54. The minimum absolute atomic E-state index is 0.0270. The van der Waals surface area contributed by atoms with Crippen LogP contribution in [0.4, 0.5) is 0 Å². The summed E-state index contributed by atoms with van der Waals surface area (Å²) in [4.78, 5) is 47.7. The van der Waals surface area contributed by atoms with E-state index in [4.69, 9.17) is 4.74 Å². The molecule has 0 fully saturated rings. The maximum Gasteiger partial charge on any atom is 0.341 e. The molecule has 6 heteroatoms. The molecule has 0 aromatic rings. The van der Waals surface area contributed by atoms with E-state index in [2.05, 4.69) is 4.74 Å². The first kappa shape index (κ1) is 17.6. The summed E-state index contributed by atoms with van der Waals surface area (Å²) < 4.78 is 9.78. The molecular formula is C18H18O6. The summed E-state index contributed by atoms with van der Waals surface area (Å²) in [6.45, 7) is 1.72. The number of allylic oxidation sites excluding steroid dienone is 3. The van der Waals surface area contributed by atoms with Crippen LogP contribution in [-0.4, -0.2) is 36.7 Å². The number of esters is 2. The maximum absolute atomic E-state index is 12.2. The van der Waals surface area contributed by atoms with E-state index in [-0.39, 0.29) is 12.0 Å². The van der Waals surface area contributed by atoms with E-state index in [1.165, 1.54) is 6.08 Å². The number of hydrogen-bond donors (Lipinski definition) is 0. The van der Waals surface area contributed by atoms with Crippen LogP contribution in [0.25, 0.3) is 0 Å². The van der Waals surface area contributed by atoms with Crippen molar-refractivity contribution in [2.75, 3.05) is 7.11 Å². The first-order valence-electron chi connectivity index (χ1n) is 7.54. The molecule has 1 aliphatic heterocycles. The highest BCUT2D eigenvalue weighted by molar-refractivity contribution is 6.21. The van der Waals surface area contributed by atoms with Crippen molar-refractivity contribution >= 4 is 23.5 Å². The molecule has 6 nitrogen and oxygen atoms in total. The molecule has 0 aromatic heterocycles. The molecule has 0 aromatic carbocycles. The Kier molecular flexibility index (Phi) is 5.63. The lowest BCUT2D eigenvalue weighted by atomic mass is 10.0. The summed E-state index contributed by atoms with van der Waals surface area (Å²) in [7, 11) is 1.15. The Labute approximate surface area is 139 Å². The zero-order valence-corrected chi connectivity index (χ0v) is 13.5. The normalized spacial score (nSPS) is 27.8. The van der Waals surface area contributed by atoms with Crippen LogP contribution >= 0.6 is 0 Å². The van der Waals surface area contributed by atoms with Gasteiger partial charge in [0.15, 0.2) is 11.6 Å². The van der Waals surface area contributed by atoms with Crippen LogP contribution in [0.1, 0.15) is 26.2 Å². The average Bonchev–Trinajstić information content (AvgIpc) is 2.86. The second-order valence-corrected chi connectivity index (χ2v) is 5.58. The standard InChI is InChI=1S/C18H18O6/c1-11-7-13(19)10-15(18(22)23-2)16(20)6-4-3-5-12-9-14(8-11)24-17(12)21/h3,5,7,9-10,14H,4,6,8H2,1-2H3/b5-3-,11-7-,15-10+/t14-/m0/s1. The van der Waals surface area contributed by atoms with Gasteiger partial charge in [-0.15, -0.1) is 0 Å². The van der Waals surface area contributed by atoms with Crippen molar-refractivity contribution in [3.05, 3.63) is 47.1 Å². The van der Waals surface area contributed by atoms with Crippen LogP contribution in [-0.2, 0) is 28.7 Å². The predicted octanol–water partition coefficient (Wildman–Crippen LogP) is 1.76. The van der Waals surface area contributed by atoms with Crippen LogP contribution in [0.15, 0.2) is 47.1 Å². The van der Waals surface area contributed by atoms with Gasteiger partial charge in [-0.2, -0.15) is 0 Å². The molecule has 0 radical (unpaired) electrons.